The fourth-order valence-electron chi connectivity index (χ4n) is 2.84. The van der Waals surface area contributed by atoms with Gasteiger partial charge in [0.05, 0.1) is 17.3 Å². The second-order valence-electron chi connectivity index (χ2n) is 6.42. The van der Waals surface area contributed by atoms with E-state index in [9.17, 15) is 4.79 Å². The summed E-state index contributed by atoms with van der Waals surface area (Å²) < 4.78 is 11.8. The van der Waals surface area contributed by atoms with Gasteiger partial charge >= 0.3 is 6.09 Å². The zero-order valence-electron chi connectivity index (χ0n) is 14.7. The van der Waals surface area contributed by atoms with Crippen molar-refractivity contribution in [3.05, 3.63) is 57.1 Å². The second kappa shape index (κ2) is 7.48. The summed E-state index contributed by atoms with van der Waals surface area (Å²) in [7, 11) is 1.36. The lowest BCUT2D eigenvalue weighted by Gasteiger charge is -2.17. The molecular weight excluding hydrogens is 382 g/mol. The topological polar surface area (TPSA) is 47.6 Å². The molecular formula is C20H22BrNO3. The molecule has 0 aliphatic heterocycles. The van der Waals surface area contributed by atoms with E-state index in [-0.39, 0.29) is 0 Å². The van der Waals surface area contributed by atoms with Crippen LogP contribution in [0.5, 0.6) is 5.75 Å². The third-order valence-electron chi connectivity index (χ3n) is 4.57. The molecule has 0 radical (unpaired) electrons. The number of amides is 1. The van der Waals surface area contributed by atoms with Crippen LogP contribution in [0, 0.1) is 13.8 Å². The van der Waals surface area contributed by atoms with Crippen molar-refractivity contribution in [2.75, 3.05) is 12.4 Å². The summed E-state index contributed by atoms with van der Waals surface area (Å²) in [5, 5.41) is 2.80. The molecule has 0 spiro atoms. The molecule has 0 bridgehead atoms. The molecule has 1 aliphatic rings. The molecule has 1 amide bonds. The summed E-state index contributed by atoms with van der Waals surface area (Å²) in [6, 6.07) is 10.1. The molecule has 132 valence electrons. The van der Waals surface area contributed by atoms with E-state index in [0.717, 1.165) is 21.5 Å². The van der Waals surface area contributed by atoms with Crippen LogP contribution in [0.15, 0.2) is 34.8 Å². The summed E-state index contributed by atoms with van der Waals surface area (Å²) >= 11 is 3.57. The van der Waals surface area contributed by atoms with Gasteiger partial charge in [0.25, 0.3) is 0 Å². The number of nitrogens with one attached hydrogen (secondary N) is 1. The molecule has 4 nitrogen and oxygen atoms in total. The van der Waals surface area contributed by atoms with Crippen molar-refractivity contribution in [3.63, 3.8) is 0 Å². The maximum absolute atomic E-state index is 11.7. The number of halogens is 1. The molecule has 0 aromatic heterocycles. The van der Waals surface area contributed by atoms with Crippen molar-refractivity contribution < 1.29 is 14.3 Å². The van der Waals surface area contributed by atoms with E-state index in [1.807, 2.05) is 18.2 Å². The number of benzene rings is 2. The van der Waals surface area contributed by atoms with E-state index in [1.54, 1.807) is 0 Å². The first-order valence-corrected chi connectivity index (χ1v) is 9.15. The van der Waals surface area contributed by atoms with Gasteiger partial charge in [-0.1, -0.05) is 12.1 Å². The highest BCUT2D eigenvalue weighted by atomic mass is 79.9. The smallest absolute Gasteiger partial charge is 0.411 e. The maximum atomic E-state index is 11.7. The Balaban J connectivity index is 1.88. The van der Waals surface area contributed by atoms with Gasteiger partial charge in [-0.15, -0.1) is 0 Å². The van der Waals surface area contributed by atoms with E-state index >= 15 is 0 Å². The highest BCUT2D eigenvalue weighted by Gasteiger charge is 2.27. The summed E-state index contributed by atoms with van der Waals surface area (Å²) in [6.07, 6.45) is 1.89. The van der Waals surface area contributed by atoms with Gasteiger partial charge in [-0.2, -0.15) is 0 Å². The highest BCUT2D eigenvalue weighted by molar-refractivity contribution is 9.10. The van der Waals surface area contributed by atoms with Crippen LogP contribution in [0.4, 0.5) is 10.5 Å². The minimum atomic E-state index is -0.471. The zero-order chi connectivity index (χ0) is 18.0. The Morgan fingerprint density at radius 3 is 2.64 bits per heavy atom. The van der Waals surface area contributed by atoms with Crippen molar-refractivity contribution in [2.24, 2.45) is 0 Å². The fraction of sp³-hybridized carbons (Fsp3) is 0.350. The Bertz CT molecular complexity index is 800. The average molecular weight is 404 g/mol. The molecule has 2 aromatic rings. The normalized spacial score (nSPS) is 13.4. The maximum Gasteiger partial charge on any atom is 0.411 e. The first-order valence-electron chi connectivity index (χ1n) is 8.36. The van der Waals surface area contributed by atoms with Crippen molar-refractivity contribution >= 4 is 27.7 Å². The minimum Gasteiger partial charge on any atom is -0.488 e. The molecule has 0 unspecified atom stereocenters. The molecule has 1 fully saturated rings. The standard InChI is InChI=1S/C20H22BrNO3/c1-12-9-17(21)19(10-13(12)2)25-11-16-15(14-7-8-14)5-4-6-18(16)22-20(23)24-3/h4-6,9-10,14H,7-8,11H2,1-3H3,(H,22,23). The van der Waals surface area contributed by atoms with Crippen molar-refractivity contribution in [2.45, 2.75) is 39.2 Å². The Morgan fingerprint density at radius 1 is 1.24 bits per heavy atom. The number of methoxy groups -OCH3 is 1. The van der Waals surface area contributed by atoms with E-state index < -0.39 is 6.09 Å². The lowest BCUT2D eigenvalue weighted by Crippen LogP contribution is -2.14. The quantitative estimate of drug-likeness (QED) is 0.696. The predicted molar refractivity (Wildman–Crippen MR) is 102 cm³/mol. The molecule has 5 heteroatoms. The highest BCUT2D eigenvalue weighted by Crippen LogP contribution is 2.43. The van der Waals surface area contributed by atoms with Crippen molar-refractivity contribution in [3.8, 4) is 5.75 Å². The average Bonchev–Trinajstić information content (AvgIpc) is 3.42. The van der Waals surface area contributed by atoms with Gasteiger partial charge in [-0.25, -0.2) is 4.79 Å². The second-order valence-corrected chi connectivity index (χ2v) is 7.27. The number of ether oxygens (including phenoxy) is 2. The molecule has 0 atom stereocenters. The molecule has 0 saturated heterocycles. The fourth-order valence-corrected chi connectivity index (χ4v) is 3.41. The minimum absolute atomic E-state index is 0.396. The molecule has 0 heterocycles. The summed E-state index contributed by atoms with van der Waals surface area (Å²) in [6.45, 7) is 4.54. The van der Waals surface area contributed by atoms with E-state index in [0.29, 0.717) is 12.5 Å². The van der Waals surface area contributed by atoms with Gasteiger partial charge in [-0.3, -0.25) is 5.32 Å². The van der Waals surface area contributed by atoms with E-state index in [4.69, 9.17) is 9.47 Å². The third-order valence-corrected chi connectivity index (χ3v) is 5.19. The number of aryl methyl sites for hydroxylation is 2. The van der Waals surface area contributed by atoms with Crippen LogP contribution in [0.1, 0.15) is 41.0 Å². The number of rotatable bonds is 5. The number of hydrogen-bond donors (Lipinski definition) is 1. The van der Waals surface area contributed by atoms with Gasteiger partial charge in [-0.05, 0) is 83.4 Å². The summed E-state index contributed by atoms with van der Waals surface area (Å²) in [5.74, 6) is 1.36. The Labute approximate surface area is 156 Å². The van der Waals surface area contributed by atoms with Crippen LogP contribution in [0.3, 0.4) is 0 Å². The van der Waals surface area contributed by atoms with Crippen LogP contribution in [0.25, 0.3) is 0 Å². The van der Waals surface area contributed by atoms with Gasteiger partial charge in [0.1, 0.15) is 12.4 Å². The van der Waals surface area contributed by atoms with Crippen LogP contribution < -0.4 is 10.1 Å². The molecule has 25 heavy (non-hydrogen) atoms. The molecule has 1 N–H and O–H groups in total. The molecule has 3 rings (SSSR count). The predicted octanol–water partition coefficient (Wildman–Crippen LogP) is 5.70. The lowest BCUT2D eigenvalue weighted by atomic mass is 10.0. The van der Waals surface area contributed by atoms with E-state index in [1.165, 1.54) is 36.6 Å². The third kappa shape index (κ3) is 4.15. The zero-order valence-corrected chi connectivity index (χ0v) is 16.3. The van der Waals surface area contributed by atoms with Gasteiger partial charge in [0, 0.05) is 5.56 Å². The van der Waals surface area contributed by atoms with Crippen LogP contribution in [-0.2, 0) is 11.3 Å². The summed E-state index contributed by atoms with van der Waals surface area (Å²) in [4.78, 5) is 11.7. The van der Waals surface area contributed by atoms with Crippen molar-refractivity contribution in [1.82, 2.24) is 0 Å². The largest absolute Gasteiger partial charge is 0.488 e. The molecule has 2 aromatic carbocycles. The SMILES string of the molecule is COC(=O)Nc1cccc(C2CC2)c1COc1cc(C)c(C)cc1Br. The first kappa shape index (κ1) is 17.8. The first-order chi connectivity index (χ1) is 12.0. The van der Waals surface area contributed by atoms with Crippen molar-refractivity contribution in [1.29, 1.82) is 0 Å². The monoisotopic (exact) mass is 403 g/mol. The number of anilines is 1. The van der Waals surface area contributed by atoms with Gasteiger partial charge in [0.15, 0.2) is 0 Å². The van der Waals surface area contributed by atoms with Crippen LogP contribution in [-0.4, -0.2) is 13.2 Å². The van der Waals surface area contributed by atoms with Crippen LogP contribution in [0.2, 0.25) is 0 Å². The lowest BCUT2D eigenvalue weighted by molar-refractivity contribution is 0.187. The van der Waals surface area contributed by atoms with Crippen LogP contribution >= 0.6 is 15.9 Å². The van der Waals surface area contributed by atoms with Gasteiger partial charge in [0.2, 0.25) is 0 Å². The number of hydrogen-bond acceptors (Lipinski definition) is 3. The van der Waals surface area contributed by atoms with Gasteiger partial charge < -0.3 is 9.47 Å². The summed E-state index contributed by atoms with van der Waals surface area (Å²) in [5.41, 5.74) is 5.40. The van der Waals surface area contributed by atoms with E-state index in [2.05, 4.69) is 47.2 Å². The Morgan fingerprint density at radius 2 is 1.96 bits per heavy atom. The molecule has 1 saturated carbocycles. The Kier molecular flexibility index (Phi) is 5.33. The number of carbonyl (C=O) groups is 1. The number of carbonyl (C=O) groups excluding carboxylic acids is 1. The molecule has 1 aliphatic carbocycles. The Hall–Kier alpha value is -2.01.